The Morgan fingerprint density at radius 3 is 2.50 bits per heavy atom. The van der Waals surface area contributed by atoms with Crippen LogP contribution in [0, 0.1) is 0 Å². The first-order valence-electron chi connectivity index (χ1n) is 6.07. The summed E-state index contributed by atoms with van der Waals surface area (Å²) in [6.07, 6.45) is 2.27. The molecule has 0 spiro atoms. The molecule has 0 N–H and O–H groups in total. The Balaban J connectivity index is 1.97. The third-order valence-electron chi connectivity index (χ3n) is 3.50. The maximum Gasteiger partial charge on any atom is 0.162 e. The Morgan fingerprint density at radius 1 is 1.39 bits per heavy atom. The van der Waals surface area contributed by atoms with E-state index in [-0.39, 0.29) is 12.4 Å². The Bertz CT molecular complexity index is 546. The highest BCUT2D eigenvalue weighted by Crippen LogP contribution is 2.40. The summed E-state index contributed by atoms with van der Waals surface area (Å²) < 4.78 is 27.8. The third-order valence-corrected chi connectivity index (χ3v) is 5.96. The van der Waals surface area contributed by atoms with Crippen LogP contribution >= 0.6 is 0 Å². The number of sulfone groups is 1. The van der Waals surface area contributed by atoms with Gasteiger partial charge in [-0.15, -0.1) is 0 Å². The van der Waals surface area contributed by atoms with E-state index in [0.29, 0.717) is 6.42 Å². The van der Waals surface area contributed by atoms with Crippen molar-refractivity contribution in [3.05, 3.63) is 42.2 Å². The van der Waals surface area contributed by atoms with E-state index in [9.17, 15) is 8.42 Å². The van der Waals surface area contributed by atoms with Crippen LogP contribution in [0.4, 0.5) is 0 Å². The van der Waals surface area contributed by atoms with Crippen molar-refractivity contribution in [1.29, 1.82) is 0 Å². The number of hydrogen-bond donors (Lipinski definition) is 0. The van der Waals surface area contributed by atoms with Gasteiger partial charge in [-0.2, -0.15) is 0 Å². The topological polar surface area (TPSA) is 43.4 Å². The van der Waals surface area contributed by atoms with Gasteiger partial charge in [0.25, 0.3) is 0 Å². The SMILES string of the molecule is CCC1(CO/C=C(/C)c2ccccc2)CS1(=O)=O. The van der Waals surface area contributed by atoms with Crippen LogP contribution < -0.4 is 0 Å². The molecule has 18 heavy (non-hydrogen) atoms. The summed E-state index contributed by atoms with van der Waals surface area (Å²) in [6, 6.07) is 9.88. The Kier molecular flexibility index (Phi) is 3.48. The summed E-state index contributed by atoms with van der Waals surface area (Å²) >= 11 is 0. The van der Waals surface area contributed by atoms with Gasteiger partial charge < -0.3 is 4.74 Å². The molecule has 1 saturated heterocycles. The van der Waals surface area contributed by atoms with E-state index >= 15 is 0 Å². The molecule has 1 aromatic rings. The van der Waals surface area contributed by atoms with Gasteiger partial charge in [0.15, 0.2) is 9.84 Å². The molecule has 2 rings (SSSR count). The number of benzene rings is 1. The van der Waals surface area contributed by atoms with Crippen molar-refractivity contribution in [2.24, 2.45) is 0 Å². The molecule has 1 aliphatic rings. The number of ether oxygens (including phenoxy) is 1. The van der Waals surface area contributed by atoms with Crippen molar-refractivity contribution in [2.45, 2.75) is 25.0 Å². The van der Waals surface area contributed by atoms with E-state index in [0.717, 1.165) is 11.1 Å². The van der Waals surface area contributed by atoms with E-state index in [1.165, 1.54) is 0 Å². The highest BCUT2D eigenvalue weighted by atomic mass is 32.2. The Labute approximate surface area is 108 Å². The van der Waals surface area contributed by atoms with Crippen LogP contribution in [0.1, 0.15) is 25.8 Å². The van der Waals surface area contributed by atoms with Crippen LogP contribution in [-0.4, -0.2) is 25.5 Å². The maximum absolute atomic E-state index is 11.5. The summed E-state index contributed by atoms with van der Waals surface area (Å²) in [5, 5.41) is 0. The largest absolute Gasteiger partial charge is 0.499 e. The first kappa shape index (κ1) is 13.1. The number of hydrogen-bond acceptors (Lipinski definition) is 3. The second-order valence-electron chi connectivity index (χ2n) is 4.77. The second-order valence-corrected chi connectivity index (χ2v) is 7.16. The van der Waals surface area contributed by atoms with Crippen LogP contribution in [0.5, 0.6) is 0 Å². The molecule has 1 unspecified atom stereocenters. The highest BCUT2D eigenvalue weighted by molar-refractivity contribution is 8.00. The quantitative estimate of drug-likeness (QED) is 0.608. The average Bonchev–Trinajstić information content (AvgIpc) is 2.93. The van der Waals surface area contributed by atoms with Crippen LogP contribution in [0.15, 0.2) is 36.6 Å². The average molecular weight is 266 g/mol. The van der Waals surface area contributed by atoms with Gasteiger partial charge in [0.1, 0.15) is 11.4 Å². The first-order chi connectivity index (χ1) is 8.51. The lowest BCUT2D eigenvalue weighted by atomic mass is 10.1. The minimum Gasteiger partial charge on any atom is -0.499 e. The molecule has 98 valence electrons. The van der Waals surface area contributed by atoms with Crippen molar-refractivity contribution in [1.82, 2.24) is 0 Å². The predicted octanol–water partition coefficient (Wildman–Crippen LogP) is 2.64. The molecule has 1 atom stereocenters. The molecule has 0 amide bonds. The standard InChI is InChI=1S/C14H18O3S/c1-3-14(11-18(14,15)16)10-17-9-12(2)13-7-5-4-6-8-13/h4-9H,3,10-11H2,1-2H3/b12-9-. The smallest absolute Gasteiger partial charge is 0.162 e. The van der Waals surface area contributed by atoms with Gasteiger partial charge >= 0.3 is 0 Å². The molecule has 0 aliphatic carbocycles. The molecular formula is C14H18O3S. The molecule has 1 fully saturated rings. The highest BCUT2D eigenvalue weighted by Gasteiger charge is 2.60. The van der Waals surface area contributed by atoms with E-state index in [1.807, 2.05) is 44.2 Å². The summed E-state index contributed by atoms with van der Waals surface area (Å²) in [7, 11) is -2.89. The summed E-state index contributed by atoms with van der Waals surface area (Å²) in [5.41, 5.74) is 2.08. The molecular weight excluding hydrogens is 248 g/mol. The van der Waals surface area contributed by atoms with Crippen LogP contribution in [-0.2, 0) is 14.6 Å². The fourth-order valence-corrected chi connectivity index (χ4v) is 3.86. The fourth-order valence-electron chi connectivity index (χ4n) is 1.96. The summed E-state index contributed by atoms with van der Waals surface area (Å²) in [5.74, 6) is 0.259. The first-order valence-corrected chi connectivity index (χ1v) is 7.72. The Morgan fingerprint density at radius 2 is 2.00 bits per heavy atom. The lowest BCUT2D eigenvalue weighted by Gasteiger charge is -2.09. The lowest BCUT2D eigenvalue weighted by molar-refractivity contribution is 0.227. The predicted molar refractivity (Wildman–Crippen MR) is 72.9 cm³/mol. The molecule has 4 heteroatoms. The third kappa shape index (κ3) is 2.43. The molecule has 0 radical (unpaired) electrons. The van der Waals surface area contributed by atoms with Crippen molar-refractivity contribution in [3.8, 4) is 0 Å². The monoisotopic (exact) mass is 266 g/mol. The van der Waals surface area contributed by atoms with Crippen LogP contribution in [0.3, 0.4) is 0 Å². The molecule has 0 saturated carbocycles. The van der Waals surface area contributed by atoms with E-state index in [2.05, 4.69) is 0 Å². The van der Waals surface area contributed by atoms with Crippen molar-refractivity contribution in [2.75, 3.05) is 12.4 Å². The van der Waals surface area contributed by atoms with E-state index in [4.69, 9.17) is 4.74 Å². The van der Waals surface area contributed by atoms with Gasteiger partial charge in [-0.25, -0.2) is 8.42 Å². The van der Waals surface area contributed by atoms with E-state index in [1.54, 1.807) is 6.26 Å². The van der Waals surface area contributed by atoms with Gasteiger partial charge in [-0.1, -0.05) is 37.3 Å². The number of allylic oxidation sites excluding steroid dienone is 1. The zero-order valence-corrected chi connectivity index (χ0v) is 11.5. The minimum absolute atomic E-state index is 0.259. The van der Waals surface area contributed by atoms with Gasteiger partial charge in [0.05, 0.1) is 12.0 Å². The molecule has 1 heterocycles. The van der Waals surface area contributed by atoms with Gasteiger partial charge in [-0.3, -0.25) is 0 Å². The zero-order chi connectivity index (χ0) is 13.2. The molecule has 1 aromatic carbocycles. The molecule has 0 aromatic heterocycles. The molecule has 1 aliphatic heterocycles. The van der Waals surface area contributed by atoms with Gasteiger partial charge in [0, 0.05) is 0 Å². The van der Waals surface area contributed by atoms with E-state index < -0.39 is 14.6 Å². The van der Waals surface area contributed by atoms with Gasteiger partial charge in [-0.05, 0) is 24.5 Å². The summed E-state index contributed by atoms with van der Waals surface area (Å²) in [6.45, 7) is 4.10. The normalized spacial score (nSPS) is 25.8. The fraction of sp³-hybridized carbons (Fsp3) is 0.429. The molecule has 3 nitrogen and oxygen atoms in total. The van der Waals surface area contributed by atoms with Crippen molar-refractivity contribution < 1.29 is 13.2 Å². The van der Waals surface area contributed by atoms with Crippen LogP contribution in [0.2, 0.25) is 0 Å². The second kappa shape index (κ2) is 4.76. The Hall–Kier alpha value is -1.29. The van der Waals surface area contributed by atoms with Crippen LogP contribution in [0.25, 0.3) is 5.57 Å². The molecule has 0 bridgehead atoms. The maximum atomic E-state index is 11.5. The minimum atomic E-state index is -2.89. The lowest BCUT2D eigenvalue weighted by Crippen LogP contribution is -2.18. The van der Waals surface area contributed by atoms with Gasteiger partial charge in [0.2, 0.25) is 0 Å². The van der Waals surface area contributed by atoms with Crippen molar-refractivity contribution >= 4 is 15.4 Å². The van der Waals surface area contributed by atoms with Crippen molar-refractivity contribution in [3.63, 3.8) is 0 Å². The summed E-state index contributed by atoms with van der Waals surface area (Å²) in [4.78, 5) is 0. The number of rotatable bonds is 5. The zero-order valence-electron chi connectivity index (χ0n) is 10.7.